The van der Waals surface area contributed by atoms with Crippen LogP contribution in [0.1, 0.15) is 20.7 Å². The van der Waals surface area contributed by atoms with E-state index in [2.05, 4.69) is 0 Å². The number of rotatable bonds is 3. The molecule has 0 fully saturated rings. The van der Waals surface area contributed by atoms with Gasteiger partial charge in [0.25, 0.3) is 0 Å². The number of carboxylic acid groups (broad SMARTS) is 2. The van der Waals surface area contributed by atoms with Gasteiger partial charge in [0.2, 0.25) is 0 Å². The quantitative estimate of drug-likeness (QED) is 0.632. The average molecular weight is 272 g/mol. The zero-order valence-corrected chi connectivity index (χ0v) is 10.3. The number of carboxylic acids is 2. The van der Waals surface area contributed by atoms with Crippen molar-refractivity contribution in [2.24, 2.45) is 0 Å². The van der Waals surface area contributed by atoms with Gasteiger partial charge in [-0.3, -0.25) is 0 Å². The number of hydrogen-bond acceptors (Lipinski definition) is 4. The van der Waals surface area contributed by atoms with Crippen molar-refractivity contribution in [1.29, 1.82) is 0 Å². The van der Waals surface area contributed by atoms with E-state index in [1.807, 2.05) is 0 Å². The van der Waals surface area contributed by atoms with Crippen molar-refractivity contribution >= 4 is 23.3 Å². The summed E-state index contributed by atoms with van der Waals surface area (Å²) in [4.78, 5) is 22.0. The molecule has 20 heavy (non-hydrogen) atoms. The van der Waals surface area contributed by atoms with Crippen LogP contribution in [-0.4, -0.2) is 22.2 Å². The molecule has 0 aliphatic heterocycles. The van der Waals surface area contributed by atoms with Gasteiger partial charge in [-0.05, 0) is 47.5 Å². The highest BCUT2D eigenvalue weighted by Crippen LogP contribution is 2.27. The Balaban J connectivity index is 2.62. The number of aromatic carboxylic acids is 2. The van der Waals surface area contributed by atoms with Crippen LogP contribution in [-0.2, 0) is 0 Å². The maximum atomic E-state index is 11.0. The minimum Gasteiger partial charge on any atom is -0.478 e. The Morgan fingerprint density at radius 1 is 0.700 bits per heavy atom. The van der Waals surface area contributed by atoms with Crippen molar-refractivity contribution in [2.45, 2.75) is 0 Å². The number of anilines is 2. The Morgan fingerprint density at radius 3 is 1.35 bits per heavy atom. The maximum Gasteiger partial charge on any atom is 0.335 e. The summed E-state index contributed by atoms with van der Waals surface area (Å²) in [6.07, 6.45) is 0. The summed E-state index contributed by atoms with van der Waals surface area (Å²) < 4.78 is 0. The van der Waals surface area contributed by atoms with E-state index in [9.17, 15) is 9.59 Å². The summed E-state index contributed by atoms with van der Waals surface area (Å²) in [5, 5.41) is 18.0. The highest BCUT2D eigenvalue weighted by Gasteiger charge is 2.10. The Morgan fingerprint density at radius 2 is 1.05 bits per heavy atom. The predicted octanol–water partition coefficient (Wildman–Crippen LogP) is 1.91. The molecule has 0 atom stereocenters. The summed E-state index contributed by atoms with van der Waals surface area (Å²) in [7, 11) is 0. The normalized spacial score (nSPS) is 10.2. The van der Waals surface area contributed by atoms with Gasteiger partial charge in [-0.15, -0.1) is 0 Å². The molecular weight excluding hydrogens is 260 g/mol. The fourth-order valence-electron chi connectivity index (χ4n) is 1.88. The fraction of sp³-hybridized carbons (Fsp3) is 0. The molecule has 0 amide bonds. The molecule has 2 aromatic rings. The van der Waals surface area contributed by atoms with Crippen LogP contribution in [0.2, 0.25) is 0 Å². The van der Waals surface area contributed by atoms with Crippen molar-refractivity contribution in [3.63, 3.8) is 0 Å². The van der Waals surface area contributed by atoms with Crippen LogP contribution < -0.4 is 11.5 Å². The van der Waals surface area contributed by atoms with E-state index in [-0.39, 0.29) is 22.5 Å². The summed E-state index contributed by atoms with van der Waals surface area (Å²) >= 11 is 0. The van der Waals surface area contributed by atoms with Crippen LogP contribution in [0.15, 0.2) is 36.4 Å². The van der Waals surface area contributed by atoms with E-state index >= 15 is 0 Å². The second-order valence-electron chi connectivity index (χ2n) is 4.30. The smallest absolute Gasteiger partial charge is 0.335 e. The van der Waals surface area contributed by atoms with Gasteiger partial charge in [-0.1, -0.05) is 0 Å². The molecule has 0 radical (unpaired) electrons. The van der Waals surface area contributed by atoms with Gasteiger partial charge in [0.1, 0.15) is 0 Å². The van der Waals surface area contributed by atoms with E-state index in [1.54, 1.807) is 12.1 Å². The van der Waals surface area contributed by atoms with E-state index < -0.39 is 11.9 Å². The minimum atomic E-state index is -1.11. The molecule has 0 bridgehead atoms. The van der Waals surface area contributed by atoms with Gasteiger partial charge < -0.3 is 21.7 Å². The van der Waals surface area contributed by atoms with E-state index in [4.69, 9.17) is 21.7 Å². The number of hydrogen-bond donors (Lipinski definition) is 4. The molecule has 0 heterocycles. The molecule has 6 heteroatoms. The van der Waals surface area contributed by atoms with Crippen LogP contribution in [0.25, 0.3) is 11.1 Å². The van der Waals surface area contributed by atoms with Gasteiger partial charge in [0, 0.05) is 11.4 Å². The van der Waals surface area contributed by atoms with Crippen LogP contribution in [0.4, 0.5) is 11.4 Å². The number of carbonyl (C=O) groups is 2. The first-order valence-corrected chi connectivity index (χ1v) is 5.65. The average Bonchev–Trinajstić information content (AvgIpc) is 2.37. The monoisotopic (exact) mass is 272 g/mol. The van der Waals surface area contributed by atoms with Crippen LogP contribution in [0.3, 0.4) is 0 Å². The van der Waals surface area contributed by atoms with Crippen molar-refractivity contribution in [3.05, 3.63) is 47.5 Å². The van der Waals surface area contributed by atoms with E-state index in [0.29, 0.717) is 11.1 Å². The highest BCUT2D eigenvalue weighted by atomic mass is 16.4. The summed E-state index contributed by atoms with van der Waals surface area (Å²) in [6.45, 7) is 0. The fourth-order valence-corrected chi connectivity index (χ4v) is 1.88. The summed E-state index contributed by atoms with van der Waals surface area (Å²) in [6, 6.07) is 8.62. The van der Waals surface area contributed by atoms with E-state index in [0.717, 1.165) is 0 Å². The minimum absolute atomic E-state index is 0.0271. The first-order chi connectivity index (χ1) is 9.36. The molecule has 0 aromatic heterocycles. The third kappa shape index (κ3) is 2.69. The SMILES string of the molecule is Nc1cc(C(=O)O)cc(-c2cc(N)cc(C(=O)O)c2)c1. The van der Waals surface area contributed by atoms with Crippen molar-refractivity contribution in [2.75, 3.05) is 11.5 Å². The zero-order chi connectivity index (χ0) is 14.9. The number of nitrogen functional groups attached to an aromatic ring is 2. The molecule has 0 saturated heterocycles. The number of benzene rings is 2. The van der Waals surface area contributed by atoms with Gasteiger partial charge in [0.15, 0.2) is 0 Å². The standard InChI is InChI=1S/C14H12N2O4/c15-11-3-7(1-9(5-11)13(17)18)8-2-10(14(19)20)6-12(16)4-8/h1-6H,15-16H2,(H,17,18)(H,19,20). The van der Waals surface area contributed by atoms with Gasteiger partial charge in [-0.2, -0.15) is 0 Å². The van der Waals surface area contributed by atoms with Gasteiger partial charge in [-0.25, -0.2) is 9.59 Å². The molecule has 0 unspecified atom stereocenters. The molecule has 0 aliphatic carbocycles. The highest BCUT2D eigenvalue weighted by molar-refractivity contribution is 5.93. The molecule has 0 saturated carbocycles. The third-order valence-electron chi connectivity index (χ3n) is 2.74. The largest absolute Gasteiger partial charge is 0.478 e. The zero-order valence-electron chi connectivity index (χ0n) is 10.3. The third-order valence-corrected chi connectivity index (χ3v) is 2.74. The molecule has 102 valence electrons. The van der Waals surface area contributed by atoms with Crippen LogP contribution in [0, 0.1) is 0 Å². The van der Waals surface area contributed by atoms with Crippen LogP contribution in [0.5, 0.6) is 0 Å². The Kier molecular flexibility index (Phi) is 3.30. The molecule has 0 spiro atoms. The van der Waals surface area contributed by atoms with E-state index in [1.165, 1.54) is 24.3 Å². The number of nitrogens with two attached hydrogens (primary N) is 2. The maximum absolute atomic E-state index is 11.0. The van der Waals surface area contributed by atoms with Gasteiger partial charge in [0.05, 0.1) is 11.1 Å². The first-order valence-electron chi connectivity index (χ1n) is 5.65. The second kappa shape index (κ2) is 4.93. The van der Waals surface area contributed by atoms with Crippen molar-refractivity contribution < 1.29 is 19.8 Å². The Hall–Kier alpha value is -3.02. The first kappa shape index (κ1) is 13.4. The molecule has 6 nitrogen and oxygen atoms in total. The van der Waals surface area contributed by atoms with Crippen molar-refractivity contribution in [3.8, 4) is 11.1 Å². The lowest BCUT2D eigenvalue weighted by molar-refractivity contribution is 0.0686. The topological polar surface area (TPSA) is 127 Å². The lowest BCUT2D eigenvalue weighted by atomic mass is 9.99. The van der Waals surface area contributed by atoms with Crippen LogP contribution >= 0.6 is 0 Å². The summed E-state index contributed by atoms with van der Waals surface area (Å²) in [5.41, 5.74) is 12.9. The summed E-state index contributed by atoms with van der Waals surface area (Å²) in [5.74, 6) is -2.22. The molecule has 2 rings (SSSR count). The molecule has 0 aliphatic rings. The van der Waals surface area contributed by atoms with Crippen molar-refractivity contribution in [1.82, 2.24) is 0 Å². The van der Waals surface area contributed by atoms with Gasteiger partial charge >= 0.3 is 11.9 Å². The lowest BCUT2D eigenvalue weighted by Crippen LogP contribution is -2.01. The predicted molar refractivity (Wildman–Crippen MR) is 74.6 cm³/mol. The lowest BCUT2D eigenvalue weighted by Gasteiger charge is -2.08. The Labute approximate surface area is 114 Å². The molecule has 2 aromatic carbocycles. The molecular formula is C14H12N2O4. The molecule has 6 N–H and O–H groups in total. The second-order valence-corrected chi connectivity index (χ2v) is 4.30. The Bertz CT molecular complexity index is 649.